The van der Waals surface area contributed by atoms with Gasteiger partial charge in [0.15, 0.2) is 8.32 Å². The zero-order valence-corrected chi connectivity index (χ0v) is 23.8. The average molecular weight is 502 g/mol. The van der Waals surface area contributed by atoms with Crippen LogP contribution < -0.4 is 4.74 Å². The van der Waals surface area contributed by atoms with Crippen LogP contribution >= 0.6 is 0 Å². The van der Waals surface area contributed by atoms with Crippen LogP contribution in [0.1, 0.15) is 44.4 Å². The molecule has 0 N–H and O–H groups in total. The second-order valence-corrected chi connectivity index (χ2v) is 17.6. The normalized spacial score (nSPS) is 13.9. The molecule has 7 heteroatoms. The molecule has 0 aliphatic carbocycles. The van der Waals surface area contributed by atoms with Gasteiger partial charge in [0, 0.05) is 24.1 Å². The first kappa shape index (κ1) is 26.5. The van der Waals surface area contributed by atoms with E-state index in [2.05, 4.69) is 40.8 Å². The van der Waals surface area contributed by atoms with E-state index >= 15 is 0 Å². The van der Waals surface area contributed by atoms with Crippen LogP contribution in [-0.4, -0.2) is 33.9 Å². The Morgan fingerprint density at radius 1 is 1.00 bits per heavy atom. The van der Waals surface area contributed by atoms with Gasteiger partial charge in [0.25, 0.3) is 10.0 Å². The highest BCUT2D eigenvalue weighted by Crippen LogP contribution is 2.37. The molecule has 34 heavy (non-hydrogen) atoms. The van der Waals surface area contributed by atoms with Gasteiger partial charge in [-0.05, 0) is 74.3 Å². The van der Waals surface area contributed by atoms with E-state index in [0.717, 1.165) is 22.1 Å². The topological polar surface area (TPSA) is 57.5 Å². The van der Waals surface area contributed by atoms with E-state index < -0.39 is 18.3 Å². The van der Waals surface area contributed by atoms with Gasteiger partial charge in [0.2, 0.25) is 0 Å². The van der Waals surface area contributed by atoms with Crippen molar-refractivity contribution in [2.75, 3.05) is 13.2 Å². The van der Waals surface area contributed by atoms with Crippen molar-refractivity contribution in [3.63, 3.8) is 0 Å². The summed E-state index contributed by atoms with van der Waals surface area (Å²) in [6.45, 7) is 20.4. The number of fused-ring (bicyclic) bond motifs is 1. The van der Waals surface area contributed by atoms with Crippen molar-refractivity contribution in [3.05, 3.63) is 59.3 Å². The third-order valence-electron chi connectivity index (χ3n) is 7.05. The minimum absolute atomic E-state index is 0.166. The Balaban J connectivity index is 1.88. The maximum atomic E-state index is 13.4. The summed E-state index contributed by atoms with van der Waals surface area (Å²) in [4.78, 5) is 0.273. The van der Waals surface area contributed by atoms with Crippen molar-refractivity contribution in [1.82, 2.24) is 3.97 Å². The van der Waals surface area contributed by atoms with Crippen molar-refractivity contribution in [2.45, 2.75) is 71.5 Å². The van der Waals surface area contributed by atoms with Gasteiger partial charge in [0.05, 0.1) is 17.0 Å². The molecule has 5 nitrogen and oxygen atoms in total. The number of ether oxygens (including phenoxy) is 1. The minimum Gasteiger partial charge on any atom is -0.493 e. The number of nitrogens with zero attached hydrogens (tertiary/aromatic N) is 1. The van der Waals surface area contributed by atoms with Gasteiger partial charge >= 0.3 is 0 Å². The predicted molar refractivity (Wildman–Crippen MR) is 143 cm³/mol. The number of rotatable bonds is 8. The molecular formula is C27H39NO4SSi. The van der Waals surface area contributed by atoms with Crippen LogP contribution in [0.2, 0.25) is 18.1 Å². The maximum absolute atomic E-state index is 13.4. The Hall–Kier alpha value is -2.09. The number of benzene rings is 2. The average Bonchev–Trinajstić information content (AvgIpc) is 3.20. The molecule has 0 bridgehead atoms. The van der Waals surface area contributed by atoms with E-state index in [9.17, 15) is 8.42 Å². The molecule has 1 aromatic heterocycles. The Morgan fingerprint density at radius 3 is 2.21 bits per heavy atom. The smallest absolute Gasteiger partial charge is 0.268 e. The van der Waals surface area contributed by atoms with E-state index in [-0.39, 0.29) is 15.9 Å². The van der Waals surface area contributed by atoms with Crippen LogP contribution in [0.25, 0.3) is 10.9 Å². The molecule has 0 radical (unpaired) electrons. The third kappa shape index (κ3) is 5.26. The lowest BCUT2D eigenvalue weighted by Crippen LogP contribution is -2.42. The Morgan fingerprint density at radius 2 is 1.62 bits per heavy atom. The Kier molecular flexibility index (Phi) is 7.42. The molecule has 0 saturated carbocycles. The zero-order chi connectivity index (χ0) is 25.5. The summed E-state index contributed by atoms with van der Waals surface area (Å²) in [5.41, 5.74) is 3.61. The fraction of sp³-hybridized carbons (Fsp3) is 0.481. The van der Waals surface area contributed by atoms with E-state index in [1.165, 1.54) is 3.97 Å². The van der Waals surface area contributed by atoms with Crippen molar-refractivity contribution >= 4 is 29.2 Å². The summed E-state index contributed by atoms with van der Waals surface area (Å²) in [6, 6.07) is 10.8. The summed E-state index contributed by atoms with van der Waals surface area (Å²) in [6.07, 6.45) is 1.63. The van der Waals surface area contributed by atoms with E-state index in [4.69, 9.17) is 9.16 Å². The molecule has 1 atom stereocenters. The molecule has 0 saturated heterocycles. The fourth-order valence-corrected chi connectivity index (χ4v) is 6.08. The highest BCUT2D eigenvalue weighted by Gasteiger charge is 2.37. The summed E-state index contributed by atoms with van der Waals surface area (Å²) < 4.78 is 40.8. The summed E-state index contributed by atoms with van der Waals surface area (Å²) in [5, 5.41) is 0.968. The second kappa shape index (κ2) is 9.51. The number of aryl methyl sites for hydroxylation is 3. The lowest BCUT2D eigenvalue weighted by molar-refractivity contribution is 0.178. The van der Waals surface area contributed by atoms with Crippen molar-refractivity contribution in [3.8, 4) is 5.75 Å². The molecule has 0 aliphatic heterocycles. The van der Waals surface area contributed by atoms with Crippen molar-refractivity contribution in [1.29, 1.82) is 0 Å². The van der Waals surface area contributed by atoms with Crippen LogP contribution in [0.3, 0.4) is 0 Å². The molecule has 0 aliphatic rings. The monoisotopic (exact) mass is 501 g/mol. The highest BCUT2D eigenvalue weighted by atomic mass is 32.2. The minimum atomic E-state index is -3.72. The molecule has 3 rings (SSSR count). The van der Waals surface area contributed by atoms with Gasteiger partial charge in [-0.25, -0.2) is 12.4 Å². The molecule has 2 aromatic carbocycles. The SMILES string of the molecule is Cc1ccc(S(=O)(=O)n2ccc3c(OCC(C)CO[Si](C)(C)C(C)(C)C)cc(C)c(C)c32)cc1. The van der Waals surface area contributed by atoms with Crippen LogP contribution in [-0.2, 0) is 14.4 Å². The molecule has 186 valence electrons. The van der Waals surface area contributed by atoms with E-state index in [0.29, 0.717) is 24.5 Å². The van der Waals surface area contributed by atoms with Crippen LogP contribution in [0.4, 0.5) is 0 Å². The second-order valence-electron chi connectivity index (χ2n) is 11.0. The van der Waals surface area contributed by atoms with Gasteiger partial charge in [-0.1, -0.05) is 45.4 Å². The van der Waals surface area contributed by atoms with Crippen molar-refractivity contribution < 1.29 is 17.6 Å². The first-order valence-corrected chi connectivity index (χ1v) is 16.2. The fourth-order valence-electron chi connectivity index (χ4n) is 3.54. The standard InChI is InChI=1S/C27H39NO4SSi/c1-19-10-12-23(13-11-19)33(29,30)28-15-14-24-25(16-21(3)22(4)26(24)28)31-17-20(2)18-32-34(8,9)27(5,6)7/h10-16,20H,17-18H2,1-9H3. The molecule has 0 spiro atoms. The van der Waals surface area contributed by atoms with E-state index in [1.54, 1.807) is 18.3 Å². The third-order valence-corrected chi connectivity index (χ3v) is 13.2. The lowest BCUT2D eigenvalue weighted by Gasteiger charge is -2.37. The lowest BCUT2D eigenvalue weighted by atomic mass is 10.1. The van der Waals surface area contributed by atoms with Crippen LogP contribution in [0.15, 0.2) is 47.5 Å². The van der Waals surface area contributed by atoms with Gasteiger partial charge in [-0.15, -0.1) is 0 Å². The number of aromatic nitrogens is 1. The first-order chi connectivity index (χ1) is 15.6. The molecule has 0 amide bonds. The van der Waals surface area contributed by atoms with Crippen molar-refractivity contribution in [2.24, 2.45) is 5.92 Å². The maximum Gasteiger partial charge on any atom is 0.268 e. The molecule has 3 aromatic rings. The summed E-state index contributed by atoms with van der Waals surface area (Å²) >= 11 is 0. The largest absolute Gasteiger partial charge is 0.493 e. The summed E-state index contributed by atoms with van der Waals surface area (Å²) in [7, 11) is -5.53. The molecular weight excluding hydrogens is 462 g/mol. The summed E-state index contributed by atoms with van der Waals surface area (Å²) in [5.74, 6) is 0.916. The van der Waals surface area contributed by atoms with Gasteiger partial charge in [-0.3, -0.25) is 0 Å². The zero-order valence-electron chi connectivity index (χ0n) is 22.0. The quantitative estimate of drug-likeness (QED) is 0.317. The van der Waals surface area contributed by atoms with Gasteiger partial charge in [-0.2, -0.15) is 0 Å². The van der Waals surface area contributed by atoms with Crippen LogP contribution in [0.5, 0.6) is 5.75 Å². The van der Waals surface area contributed by atoms with Gasteiger partial charge < -0.3 is 9.16 Å². The Labute approximate surface area is 206 Å². The van der Waals surface area contributed by atoms with Crippen LogP contribution in [0, 0.1) is 26.7 Å². The first-order valence-electron chi connectivity index (χ1n) is 11.9. The number of hydrogen-bond donors (Lipinski definition) is 0. The molecule has 1 unspecified atom stereocenters. The number of hydrogen-bond acceptors (Lipinski definition) is 4. The molecule has 0 fully saturated rings. The van der Waals surface area contributed by atoms with E-state index in [1.807, 2.05) is 45.0 Å². The highest BCUT2D eigenvalue weighted by molar-refractivity contribution is 7.90. The van der Waals surface area contributed by atoms with Gasteiger partial charge in [0.1, 0.15) is 5.75 Å². The predicted octanol–water partition coefficient (Wildman–Crippen LogP) is 6.84. The Bertz CT molecular complexity index is 1270. The molecule has 1 heterocycles.